The van der Waals surface area contributed by atoms with Gasteiger partial charge in [0.15, 0.2) is 5.49 Å². The molecule has 0 N–H and O–H groups in total. The molecule has 0 saturated carbocycles. The monoisotopic (exact) mass is 431 g/mol. The van der Waals surface area contributed by atoms with Gasteiger partial charge < -0.3 is 9.30 Å². The summed E-state index contributed by atoms with van der Waals surface area (Å²) in [6, 6.07) is 12.1. The van der Waals surface area contributed by atoms with Gasteiger partial charge in [0.2, 0.25) is 0 Å². The second-order valence-corrected chi connectivity index (χ2v) is 7.10. The van der Waals surface area contributed by atoms with Crippen molar-refractivity contribution in [1.82, 2.24) is 14.0 Å². The van der Waals surface area contributed by atoms with E-state index in [9.17, 15) is 19.2 Å². The van der Waals surface area contributed by atoms with Gasteiger partial charge in [-0.05, 0) is 42.8 Å². The molecule has 0 radical (unpaired) electrons. The van der Waals surface area contributed by atoms with Crippen LogP contribution in [0.25, 0.3) is 16.7 Å². The van der Waals surface area contributed by atoms with Crippen molar-refractivity contribution in [3.8, 4) is 6.07 Å². The van der Waals surface area contributed by atoms with Crippen molar-refractivity contribution in [2.45, 2.75) is 13.5 Å². The Kier molecular flexibility index (Phi) is 5.62. The van der Waals surface area contributed by atoms with E-state index >= 15 is 0 Å². The fourth-order valence-electron chi connectivity index (χ4n) is 3.47. The quantitative estimate of drug-likeness (QED) is 0.462. The Morgan fingerprint density at radius 1 is 1.25 bits per heavy atom. The predicted molar refractivity (Wildman–Crippen MR) is 115 cm³/mol. The molecule has 0 atom stereocenters. The zero-order chi connectivity index (χ0) is 22.8. The highest BCUT2D eigenvalue weighted by Gasteiger charge is 2.16. The summed E-state index contributed by atoms with van der Waals surface area (Å²) in [5.41, 5.74) is 1.23. The van der Waals surface area contributed by atoms with Gasteiger partial charge in [-0.25, -0.2) is 9.37 Å². The molecule has 4 aromatic rings. The number of aromatic nitrogens is 3. The molecule has 0 spiro atoms. The summed E-state index contributed by atoms with van der Waals surface area (Å²) in [5.74, 6) is -1.30. The van der Waals surface area contributed by atoms with Crippen molar-refractivity contribution in [2.75, 3.05) is 13.7 Å². The predicted octanol–water partition coefficient (Wildman–Crippen LogP) is 2.36. The highest BCUT2D eigenvalue weighted by molar-refractivity contribution is 5.95. The topological polar surface area (TPSA) is 102 Å². The van der Waals surface area contributed by atoms with Crippen LogP contribution in [0.5, 0.6) is 0 Å². The maximum atomic E-state index is 13.6. The van der Waals surface area contributed by atoms with Crippen LogP contribution in [0.4, 0.5) is 4.39 Å². The van der Waals surface area contributed by atoms with Crippen LogP contribution in [0.2, 0.25) is 0 Å². The van der Waals surface area contributed by atoms with Gasteiger partial charge >= 0.3 is 0 Å². The van der Waals surface area contributed by atoms with Crippen LogP contribution < -0.4 is 11.0 Å². The Bertz CT molecular complexity index is 1550. The van der Waals surface area contributed by atoms with Crippen LogP contribution in [0.1, 0.15) is 21.5 Å². The number of methoxy groups -OCH3 is 1. The Morgan fingerprint density at radius 2 is 2.06 bits per heavy atom. The van der Waals surface area contributed by atoms with E-state index in [0.717, 1.165) is 11.6 Å². The van der Waals surface area contributed by atoms with Gasteiger partial charge in [-0.2, -0.15) is 10.3 Å². The molecule has 4 rings (SSSR count). The van der Waals surface area contributed by atoms with Crippen molar-refractivity contribution >= 4 is 22.6 Å². The van der Waals surface area contributed by atoms with E-state index in [1.807, 2.05) is 19.1 Å². The first kappa shape index (κ1) is 21.1. The summed E-state index contributed by atoms with van der Waals surface area (Å²) < 4.78 is 21.7. The SMILES string of the molecule is COCCn1c(=NC(=O)c2cccc(F)c2)c(C#N)cc2c(=O)n3cccc(C)c3nc21. The fraction of sp³-hybridized carbons (Fsp3) is 0.174. The number of carbonyl (C=O) groups excluding carboxylic acids is 1. The number of halogens is 1. The number of hydrogen-bond acceptors (Lipinski definition) is 5. The van der Waals surface area contributed by atoms with E-state index in [-0.39, 0.29) is 46.4 Å². The van der Waals surface area contributed by atoms with Crippen LogP contribution >= 0.6 is 0 Å². The fourth-order valence-corrected chi connectivity index (χ4v) is 3.47. The number of rotatable bonds is 4. The summed E-state index contributed by atoms with van der Waals surface area (Å²) in [6.07, 6.45) is 1.61. The number of nitrogens with zero attached hydrogens (tertiary/aromatic N) is 5. The minimum Gasteiger partial charge on any atom is -0.383 e. The second kappa shape index (κ2) is 8.53. The van der Waals surface area contributed by atoms with E-state index in [4.69, 9.17) is 4.74 Å². The number of amides is 1. The first-order valence-electron chi connectivity index (χ1n) is 9.74. The van der Waals surface area contributed by atoms with E-state index in [1.165, 1.54) is 40.3 Å². The lowest BCUT2D eigenvalue weighted by Gasteiger charge is -2.13. The standard InChI is InChI=1S/C23H18FN5O3/c1-14-5-4-8-29-19(14)26-21-18(23(29)31)12-16(13-25)20(28(21)9-10-32-2)27-22(30)15-6-3-7-17(24)11-15/h3-8,11-12H,9-10H2,1-2H3. The molecule has 3 aromatic heterocycles. The van der Waals surface area contributed by atoms with Crippen molar-refractivity contribution in [3.63, 3.8) is 0 Å². The van der Waals surface area contributed by atoms with Gasteiger partial charge in [0.1, 0.15) is 23.2 Å². The van der Waals surface area contributed by atoms with Crippen molar-refractivity contribution in [1.29, 1.82) is 5.26 Å². The Morgan fingerprint density at radius 3 is 2.78 bits per heavy atom. The second-order valence-electron chi connectivity index (χ2n) is 7.10. The summed E-state index contributed by atoms with van der Waals surface area (Å²) in [4.78, 5) is 34.7. The van der Waals surface area contributed by atoms with Gasteiger partial charge in [0, 0.05) is 25.4 Å². The smallest absolute Gasteiger partial charge is 0.279 e. The largest absolute Gasteiger partial charge is 0.383 e. The number of benzene rings is 1. The molecule has 0 aliphatic heterocycles. The van der Waals surface area contributed by atoms with Crippen LogP contribution in [-0.2, 0) is 11.3 Å². The molecule has 0 saturated heterocycles. The lowest BCUT2D eigenvalue weighted by Crippen LogP contribution is -2.30. The molecule has 0 aliphatic carbocycles. The molecule has 3 heterocycles. The average molecular weight is 431 g/mol. The molecule has 0 bridgehead atoms. The number of hydrogen-bond donors (Lipinski definition) is 0. The normalized spacial score (nSPS) is 11.8. The summed E-state index contributed by atoms with van der Waals surface area (Å²) >= 11 is 0. The lowest BCUT2D eigenvalue weighted by atomic mass is 10.2. The molecular formula is C23H18FN5O3. The van der Waals surface area contributed by atoms with Crippen molar-refractivity contribution in [3.05, 3.63) is 87.0 Å². The Labute approximate surface area is 181 Å². The number of ether oxygens (including phenoxy) is 1. The third kappa shape index (κ3) is 3.68. The highest BCUT2D eigenvalue weighted by Crippen LogP contribution is 2.13. The zero-order valence-corrected chi connectivity index (χ0v) is 17.4. The molecule has 32 heavy (non-hydrogen) atoms. The van der Waals surface area contributed by atoms with E-state index in [0.29, 0.717) is 5.65 Å². The first-order valence-corrected chi connectivity index (χ1v) is 9.74. The highest BCUT2D eigenvalue weighted by atomic mass is 19.1. The minimum absolute atomic E-state index is 0.0184. The molecule has 0 unspecified atom stereocenters. The molecule has 160 valence electrons. The molecule has 9 heteroatoms. The van der Waals surface area contributed by atoms with Gasteiger partial charge in [-0.1, -0.05) is 12.1 Å². The van der Waals surface area contributed by atoms with Gasteiger partial charge in [-0.3, -0.25) is 14.0 Å². The molecule has 8 nitrogen and oxygen atoms in total. The van der Waals surface area contributed by atoms with Crippen LogP contribution in [0.3, 0.4) is 0 Å². The van der Waals surface area contributed by atoms with Crippen molar-refractivity contribution < 1.29 is 13.9 Å². The molecule has 1 amide bonds. The van der Waals surface area contributed by atoms with Crippen LogP contribution in [0.15, 0.2) is 58.4 Å². The number of nitriles is 1. The average Bonchev–Trinajstić information content (AvgIpc) is 2.79. The van der Waals surface area contributed by atoms with Crippen LogP contribution in [-0.4, -0.2) is 33.6 Å². The van der Waals surface area contributed by atoms with Crippen LogP contribution in [0, 0.1) is 24.1 Å². The molecular weight excluding hydrogens is 413 g/mol. The van der Waals surface area contributed by atoms with Gasteiger partial charge in [0.25, 0.3) is 11.5 Å². The maximum Gasteiger partial charge on any atom is 0.279 e. The zero-order valence-electron chi connectivity index (χ0n) is 17.4. The summed E-state index contributed by atoms with van der Waals surface area (Å²) in [7, 11) is 1.51. The molecule has 0 fully saturated rings. The molecule has 1 aromatic carbocycles. The Balaban J connectivity index is 2.11. The third-order valence-electron chi connectivity index (χ3n) is 5.02. The van der Waals surface area contributed by atoms with Gasteiger partial charge in [0.05, 0.1) is 17.6 Å². The number of pyridine rings is 2. The summed E-state index contributed by atoms with van der Waals surface area (Å²) in [6.45, 7) is 2.24. The van der Waals surface area contributed by atoms with Crippen molar-refractivity contribution in [2.24, 2.45) is 4.99 Å². The van der Waals surface area contributed by atoms with Gasteiger partial charge in [-0.15, -0.1) is 0 Å². The maximum absolute atomic E-state index is 13.6. The molecule has 0 aliphatic rings. The van der Waals surface area contributed by atoms with E-state index < -0.39 is 11.7 Å². The number of aryl methyl sites for hydroxylation is 1. The van der Waals surface area contributed by atoms with E-state index in [2.05, 4.69) is 9.98 Å². The van der Waals surface area contributed by atoms with E-state index in [1.54, 1.807) is 12.3 Å². The lowest BCUT2D eigenvalue weighted by molar-refractivity contribution is 0.0996. The summed E-state index contributed by atoms with van der Waals surface area (Å²) in [5, 5.41) is 9.95. The number of fused-ring (bicyclic) bond motifs is 2. The first-order chi connectivity index (χ1) is 15.4. The third-order valence-corrected chi connectivity index (χ3v) is 5.02. The minimum atomic E-state index is -0.722. The number of carbonyl (C=O) groups is 1. The Hall–Kier alpha value is -4.16.